The highest BCUT2D eigenvalue weighted by molar-refractivity contribution is 7.92. The Bertz CT molecular complexity index is 1590. The van der Waals surface area contributed by atoms with E-state index in [1.54, 1.807) is 6.07 Å². The third-order valence-corrected chi connectivity index (χ3v) is 7.26. The van der Waals surface area contributed by atoms with E-state index in [0.29, 0.717) is 10.6 Å². The number of carbonyl (C=O) groups excluding carboxylic acids is 1. The monoisotopic (exact) mass is 576 g/mol. The molecule has 2 amide bonds. The lowest BCUT2D eigenvalue weighted by molar-refractivity contribution is 0.250. The first-order valence-corrected chi connectivity index (χ1v) is 13.0. The Morgan fingerprint density at radius 3 is 2.37 bits per heavy atom. The molecular formula is C24H19Cl2FN6O4S. The van der Waals surface area contributed by atoms with Crippen LogP contribution in [0.5, 0.6) is 5.75 Å². The molecule has 14 heteroatoms. The van der Waals surface area contributed by atoms with Gasteiger partial charge in [-0.2, -0.15) is 0 Å². The Labute approximate surface area is 227 Å². The lowest BCUT2D eigenvalue weighted by Crippen LogP contribution is -2.35. The van der Waals surface area contributed by atoms with Gasteiger partial charge in [0.25, 0.3) is 10.0 Å². The maximum absolute atomic E-state index is 15.3. The molecule has 0 radical (unpaired) electrons. The van der Waals surface area contributed by atoms with Gasteiger partial charge in [-0.25, -0.2) is 42.2 Å². The number of aromatic nitrogens is 3. The number of methoxy groups -OCH3 is 1. The molecule has 0 aliphatic rings. The zero-order valence-corrected chi connectivity index (χ0v) is 22.1. The van der Waals surface area contributed by atoms with Crippen molar-refractivity contribution in [1.29, 1.82) is 0 Å². The van der Waals surface area contributed by atoms with Gasteiger partial charge in [-0.05, 0) is 42.0 Å². The van der Waals surface area contributed by atoms with Crippen LogP contribution >= 0.6 is 23.2 Å². The van der Waals surface area contributed by atoms with E-state index in [9.17, 15) is 13.2 Å². The number of rotatable bonds is 7. The number of ether oxygens (including phenoxy) is 1. The molecule has 0 fully saturated rings. The molecule has 2 aromatic carbocycles. The molecule has 2 N–H and O–H groups in total. The molecule has 0 saturated carbocycles. The van der Waals surface area contributed by atoms with E-state index in [1.807, 2.05) is 0 Å². The highest BCUT2D eigenvalue weighted by Gasteiger charge is 2.25. The molecule has 0 aliphatic heterocycles. The van der Waals surface area contributed by atoms with Crippen molar-refractivity contribution >= 4 is 56.7 Å². The van der Waals surface area contributed by atoms with E-state index >= 15 is 4.39 Å². The first-order chi connectivity index (χ1) is 18.1. The van der Waals surface area contributed by atoms with Crippen LogP contribution in [0.3, 0.4) is 0 Å². The number of hydrogen-bond acceptors (Lipinski definition) is 7. The number of nitrogens with zero attached hydrogens (tertiary/aromatic N) is 4. The predicted octanol–water partition coefficient (Wildman–Crippen LogP) is 5.27. The number of urea groups is 1. The molecule has 2 heterocycles. The van der Waals surface area contributed by atoms with Crippen LogP contribution in [0.25, 0.3) is 11.1 Å². The first-order valence-electron chi connectivity index (χ1n) is 10.8. The van der Waals surface area contributed by atoms with Crippen molar-refractivity contribution in [2.24, 2.45) is 0 Å². The van der Waals surface area contributed by atoms with E-state index < -0.39 is 21.9 Å². The Hall–Kier alpha value is -4.00. The van der Waals surface area contributed by atoms with Gasteiger partial charge in [0.05, 0.1) is 22.8 Å². The Kier molecular flexibility index (Phi) is 7.95. The van der Waals surface area contributed by atoms with Crippen molar-refractivity contribution in [3.63, 3.8) is 0 Å². The smallest absolute Gasteiger partial charge is 0.327 e. The number of pyridine rings is 1. The third kappa shape index (κ3) is 5.62. The molecular weight excluding hydrogens is 558 g/mol. The van der Waals surface area contributed by atoms with Crippen LogP contribution in [0.15, 0.2) is 72.0 Å². The summed E-state index contributed by atoms with van der Waals surface area (Å²) < 4.78 is 48.4. The van der Waals surface area contributed by atoms with Gasteiger partial charge in [0, 0.05) is 37.3 Å². The number of carbonyl (C=O) groups is 1. The van der Waals surface area contributed by atoms with Crippen LogP contribution in [0, 0.1) is 5.82 Å². The van der Waals surface area contributed by atoms with Crippen molar-refractivity contribution in [2.75, 3.05) is 23.8 Å². The lowest BCUT2D eigenvalue weighted by atomic mass is 10.0. The van der Waals surface area contributed by atoms with Crippen LogP contribution in [-0.4, -0.2) is 43.6 Å². The van der Waals surface area contributed by atoms with Crippen molar-refractivity contribution in [1.82, 2.24) is 20.3 Å². The Balaban J connectivity index is 1.74. The number of sulfonamides is 1. The van der Waals surface area contributed by atoms with Crippen LogP contribution in [0.4, 0.5) is 26.6 Å². The second-order valence-corrected chi connectivity index (χ2v) is 10.1. The second kappa shape index (κ2) is 11.2. The van der Waals surface area contributed by atoms with Crippen molar-refractivity contribution in [2.45, 2.75) is 4.90 Å². The number of benzene rings is 2. The number of halogens is 3. The van der Waals surface area contributed by atoms with Gasteiger partial charge in [0.1, 0.15) is 22.3 Å². The minimum atomic E-state index is -4.07. The van der Waals surface area contributed by atoms with Gasteiger partial charge < -0.3 is 10.1 Å². The van der Waals surface area contributed by atoms with Crippen molar-refractivity contribution < 1.29 is 22.3 Å². The highest BCUT2D eigenvalue weighted by atomic mass is 35.5. The fourth-order valence-corrected chi connectivity index (χ4v) is 4.61. The van der Waals surface area contributed by atoms with Crippen LogP contribution in [0.1, 0.15) is 0 Å². The summed E-state index contributed by atoms with van der Waals surface area (Å²) in [6.45, 7) is 0. The van der Waals surface area contributed by atoms with Crippen LogP contribution in [0.2, 0.25) is 10.0 Å². The average molecular weight is 577 g/mol. The molecule has 0 bridgehead atoms. The highest BCUT2D eigenvalue weighted by Crippen LogP contribution is 2.39. The Morgan fingerprint density at radius 1 is 1.03 bits per heavy atom. The van der Waals surface area contributed by atoms with E-state index in [4.69, 9.17) is 27.9 Å². The fourth-order valence-electron chi connectivity index (χ4n) is 3.41. The number of nitrogens with one attached hydrogen (secondary N) is 2. The number of anilines is 3. The quantitative estimate of drug-likeness (QED) is 0.306. The van der Waals surface area contributed by atoms with Gasteiger partial charge >= 0.3 is 6.03 Å². The zero-order chi connectivity index (χ0) is 27.4. The van der Waals surface area contributed by atoms with E-state index in [-0.39, 0.29) is 38.7 Å². The number of hydrogen-bond donors (Lipinski definition) is 2. The lowest BCUT2D eigenvalue weighted by Gasteiger charge is -2.24. The summed E-state index contributed by atoms with van der Waals surface area (Å²) in [5, 5.41) is 3.02. The Morgan fingerprint density at radius 2 is 1.76 bits per heavy atom. The predicted molar refractivity (Wildman–Crippen MR) is 142 cm³/mol. The summed E-state index contributed by atoms with van der Waals surface area (Å²) >= 11 is 12.1. The summed E-state index contributed by atoms with van der Waals surface area (Å²) in [4.78, 5) is 25.5. The topological polar surface area (TPSA) is 126 Å². The van der Waals surface area contributed by atoms with Crippen LogP contribution < -0.4 is 19.7 Å². The SMILES string of the molecule is CNC(=O)N(c1ccc(S(=O)(=O)Nc2ncccn2)cn1)c1cc(F)c(-c2ccc(Cl)c(Cl)c2)cc1OC. The number of amides is 2. The summed E-state index contributed by atoms with van der Waals surface area (Å²) in [5.41, 5.74) is 0.618. The third-order valence-electron chi connectivity index (χ3n) is 5.21. The molecule has 196 valence electrons. The molecule has 0 saturated heterocycles. The van der Waals surface area contributed by atoms with E-state index in [1.165, 1.54) is 62.9 Å². The van der Waals surface area contributed by atoms with Gasteiger partial charge in [0.15, 0.2) is 0 Å². The minimum Gasteiger partial charge on any atom is -0.495 e. The van der Waals surface area contributed by atoms with Crippen molar-refractivity contribution in [3.8, 4) is 16.9 Å². The summed E-state index contributed by atoms with van der Waals surface area (Å²) in [6, 6.07) is 10.5. The molecule has 4 aromatic rings. The van der Waals surface area contributed by atoms with Gasteiger partial charge in [0.2, 0.25) is 5.95 Å². The fraction of sp³-hybridized carbons (Fsp3) is 0.0833. The normalized spacial score (nSPS) is 11.1. The molecule has 4 rings (SSSR count). The van der Waals surface area contributed by atoms with E-state index in [2.05, 4.69) is 25.0 Å². The molecule has 0 unspecified atom stereocenters. The molecule has 10 nitrogen and oxygen atoms in total. The summed E-state index contributed by atoms with van der Waals surface area (Å²) in [7, 11) is -1.33. The maximum Gasteiger partial charge on any atom is 0.327 e. The standard InChI is InChI=1S/C24H19Cl2FN6O4S/c1-28-24(34)33(22-7-5-15(13-31-22)38(35,36)32-23-29-8-3-9-30-23)20-12-19(27)16(11-21(20)37-2)14-4-6-17(25)18(26)10-14/h3-13H,1-2H3,(H,28,34)(H,29,30,32). The van der Waals surface area contributed by atoms with E-state index in [0.717, 1.165) is 17.2 Å². The molecule has 38 heavy (non-hydrogen) atoms. The summed E-state index contributed by atoms with van der Waals surface area (Å²) in [5.74, 6) is -0.665. The van der Waals surface area contributed by atoms with Crippen molar-refractivity contribution in [3.05, 3.63) is 83.0 Å². The van der Waals surface area contributed by atoms with Gasteiger partial charge in [-0.3, -0.25) is 0 Å². The average Bonchev–Trinajstić information content (AvgIpc) is 2.91. The van der Waals surface area contributed by atoms with Crippen LogP contribution in [-0.2, 0) is 10.0 Å². The molecule has 2 aromatic heterocycles. The second-order valence-electron chi connectivity index (χ2n) is 7.55. The zero-order valence-electron chi connectivity index (χ0n) is 19.8. The molecule has 0 aliphatic carbocycles. The maximum atomic E-state index is 15.3. The minimum absolute atomic E-state index is 0.000696. The molecule has 0 spiro atoms. The summed E-state index contributed by atoms with van der Waals surface area (Å²) in [6.07, 6.45) is 3.81. The largest absolute Gasteiger partial charge is 0.495 e. The molecule has 0 atom stereocenters. The first kappa shape index (κ1) is 27.0. The van der Waals surface area contributed by atoms with Gasteiger partial charge in [-0.15, -0.1) is 0 Å². The van der Waals surface area contributed by atoms with Gasteiger partial charge in [-0.1, -0.05) is 29.3 Å².